The third-order valence-corrected chi connectivity index (χ3v) is 3.94. The topological polar surface area (TPSA) is 49.8 Å². The van der Waals surface area contributed by atoms with Crippen LogP contribution < -0.4 is 0 Å². The number of aliphatic carboxylic acids is 1. The van der Waals surface area contributed by atoms with Gasteiger partial charge in [-0.1, -0.05) is 6.07 Å². The molecule has 1 saturated heterocycles. The third kappa shape index (κ3) is 3.98. The number of carboxylic acids is 1. The number of benzene rings is 1. The van der Waals surface area contributed by atoms with Crippen LogP contribution in [0.2, 0.25) is 0 Å². The SMILES string of the molecule is COCCN1C[C@@H](CC(=O)O)[C@H](c2ccc(F)c(F)c2)C1. The highest BCUT2D eigenvalue weighted by Crippen LogP contribution is 2.35. The standard InChI is InChI=1S/C15H19F2NO3/c1-21-5-4-18-8-11(7-15(19)20)12(9-18)10-2-3-13(16)14(17)6-10/h2-3,6,11-12H,4-5,7-9H2,1H3,(H,19,20)/t11-,12+/m1/s1. The van der Waals surface area contributed by atoms with E-state index in [1.54, 1.807) is 7.11 Å². The van der Waals surface area contributed by atoms with Gasteiger partial charge in [0.15, 0.2) is 11.6 Å². The summed E-state index contributed by atoms with van der Waals surface area (Å²) in [6.45, 7) is 2.52. The molecule has 2 atom stereocenters. The van der Waals surface area contributed by atoms with E-state index in [0.29, 0.717) is 31.8 Å². The van der Waals surface area contributed by atoms with Crippen molar-refractivity contribution in [2.24, 2.45) is 5.92 Å². The molecule has 116 valence electrons. The highest BCUT2D eigenvalue weighted by atomic mass is 19.2. The maximum absolute atomic E-state index is 13.4. The van der Waals surface area contributed by atoms with Crippen molar-refractivity contribution in [2.75, 3.05) is 33.4 Å². The van der Waals surface area contributed by atoms with Crippen LogP contribution in [-0.2, 0) is 9.53 Å². The Hall–Kier alpha value is -1.53. The number of likely N-dealkylation sites (tertiary alicyclic amines) is 1. The molecule has 0 aromatic heterocycles. The molecule has 0 aliphatic carbocycles. The van der Waals surface area contributed by atoms with Crippen LogP contribution in [0.5, 0.6) is 0 Å². The monoisotopic (exact) mass is 299 g/mol. The second kappa shape index (κ2) is 6.95. The molecule has 1 N–H and O–H groups in total. The molecule has 0 bridgehead atoms. The number of hydrogen-bond acceptors (Lipinski definition) is 3. The van der Waals surface area contributed by atoms with E-state index < -0.39 is 17.6 Å². The number of ether oxygens (including phenoxy) is 1. The average molecular weight is 299 g/mol. The van der Waals surface area contributed by atoms with Crippen LogP contribution in [0.4, 0.5) is 8.78 Å². The summed E-state index contributed by atoms with van der Waals surface area (Å²) in [4.78, 5) is 13.1. The van der Waals surface area contributed by atoms with Crippen molar-refractivity contribution in [3.05, 3.63) is 35.4 Å². The van der Waals surface area contributed by atoms with Gasteiger partial charge in [0.1, 0.15) is 0 Å². The van der Waals surface area contributed by atoms with Crippen LogP contribution in [0.1, 0.15) is 17.9 Å². The van der Waals surface area contributed by atoms with Crippen LogP contribution >= 0.6 is 0 Å². The summed E-state index contributed by atoms with van der Waals surface area (Å²) in [6, 6.07) is 3.81. The van der Waals surface area contributed by atoms with E-state index in [2.05, 4.69) is 4.90 Å². The number of carbonyl (C=O) groups is 1. The smallest absolute Gasteiger partial charge is 0.303 e. The quantitative estimate of drug-likeness (QED) is 0.874. The molecule has 1 heterocycles. The van der Waals surface area contributed by atoms with Crippen molar-refractivity contribution in [2.45, 2.75) is 12.3 Å². The lowest BCUT2D eigenvalue weighted by Crippen LogP contribution is -2.25. The maximum Gasteiger partial charge on any atom is 0.303 e. The largest absolute Gasteiger partial charge is 0.481 e. The Kier molecular flexibility index (Phi) is 5.25. The number of nitrogens with zero attached hydrogens (tertiary/aromatic N) is 1. The van der Waals surface area contributed by atoms with Gasteiger partial charge in [-0.15, -0.1) is 0 Å². The molecule has 6 heteroatoms. The number of methoxy groups -OCH3 is 1. The van der Waals surface area contributed by atoms with Crippen molar-refractivity contribution in [1.82, 2.24) is 4.90 Å². The zero-order chi connectivity index (χ0) is 15.4. The average Bonchev–Trinajstić information content (AvgIpc) is 2.81. The zero-order valence-corrected chi connectivity index (χ0v) is 11.9. The Bertz CT molecular complexity index is 510. The summed E-state index contributed by atoms with van der Waals surface area (Å²) in [5, 5.41) is 9.02. The maximum atomic E-state index is 13.4. The Balaban J connectivity index is 2.16. The molecule has 4 nitrogen and oxygen atoms in total. The minimum atomic E-state index is -0.892. The molecular weight excluding hydrogens is 280 g/mol. The highest BCUT2D eigenvalue weighted by molar-refractivity contribution is 5.67. The van der Waals surface area contributed by atoms with Gasteiger partial charge in [0.25, 0.3) is 0 Å². The van der Waals surface area contributed by atoms with Gasteiger partial charge >= 0.3 is 5.97 Å². The number of hydrogen-bond donors (Lipinski definition) is 1. The van der Waals surface area contributed by atoms with Gasteiger partial charge in [0, 0.05) is 39.1 Å². The fourth-order valence-corrected chi connectivity index (χ4v) is 2.92. The molecule has 1 aromatic carbocycles. The third-order valence-electron chi connectivity index (χ3n) is 3.94. The first-order chi connectivity index (χ1) is 10.0. The molecular formula is C15H19F2NO3. The summed E-state index contributed by atoms with van der Waals surface area (Å²) >= 11 is 0. The van der Waals surface area contributed by atoms with Crippen molar-refractivity contribution < 1.29 is 23.4 Å². The van der Waals surface area contributed by atoms with Crippen molar-refractivity contribution in [1.29, 1.82) is 0 Å². The lowest BCUT2D eigenvalue weighted by molar-refractivity contribution is -0.138. The van der Waals surface area contributed by atoms with Crippen molar-refractivity contribution >= 4 is 5.97 Å². The van der Waals surface area contributed by atoms with Crippen molar-refractivity contribution in [3.63, 3.8) is 0 Å². The van der Waals surface area contributed by atoms with Gasteiger partial charge < -0.3 is 14.7 Å². The summed E-state index contributed by atoms with van der Waals surface area (Å²) in [5.41, 5.74) is 0.653. The second-order valence-corrected chi connectivity index (χ2v) is 5.39. The Morgan fingerprint density at radius 3 is 2.76 bits per heavy atom. The molecule has 0 unspecified atom stereocenters. The fraction of sp³-hybridized carbons (Fsp3) is 0.533. The van der Waals surface area contributed by atoms with Gasteiger partial charge in [-0.25, -0.2) is 8.78 Å². The predicted octanol–water partition coefficient (Wildman–Crippen LogP) is 2.10. The van der Waals surface area contributed by atoms with E-state index in [1.165, 1.54) is 12.1 Å². The Labute approximate surface area is 122 Å². The molecule has 21 heavy (non-hydrogen) atoms. The first kappa shape index (κ1) is 15.9. The second-order valence-electron chi connectivity index (χ2n) is 5.39. The van der Waals surface area contributed by atoms with E-state index in [9.17, 15) is 13.6 Å². The van der Waals surface area contributed by atoms with Crippen LogP contribution in [0.25, 0.3) is 0 Å². The molecule has 1 aliphatic rings. The summed E-state index contributed by atoms with van der Waals surface area (Å²) in [6.07, 6.45) is 0.0210. The van der Waals surface area contributed by atoms with E-state index >= 15 is 0 Å². The summed E-state index contributed by atoms with van der Waals surface area (Å²) < 4.78 is 31.5. The molecule has 0 spiro atoms. The van der Waals surface area contributed by atoms with Crippen LogP contribution in [0.3, 0.4) is 0 Å². The normalized spacial score (nSPS) is 22.6. The Morgan fingerprint density at radius 1 is 1.38 bits per heavy atom. The molecule has 0 saturated carbocycles. The van der Waals surface area contributed by atoms with Gasteiger partial charge in [-0.05, 0) is 23.6 Å². The lowest BCUT2D eigenvalue weighted by Gasteiger charge is -2.17. The number of carboxylic acid groups (broad SMARTS) is 1. The van der Waals surface area contributed by atoms with Gasteiger partial charge in [0.05, 0.1) is 6.61 Å². The predicted molar refractivity (Wildman–Crippen MR) is 73.2 cm³/mol. The zero-order valence-electron chi connectivity index (χ0n) is 11.9. The Morgan fingerprint density at radius 2 is 2.14 bits per heavy atom. The number of halogens is 2. The van der Waals surface area contributed by atoms with E-state index in [4.69, 9.17) is 9.84 Å². The molecule has 0 radical (unpaired) electrons. The number of rotatable bonds is 6. The minimum absolute atomic E-state index is 0.0210. The minimum Gasteiger partial charge on any atom is -0.481 e. The first-order valence-electron chi connectivity index (χ1n) is 6.89. The van der Waals surface area contributed by atoms with Crippen LogP contribution in [-0.4, -0.2) is 49.3 Å². The molecule has 1 aromatic rings. The summed E-state index contributed by atoms with van der Waals surface area (Å²) in [7, 11) is 1.61. The summed E-state index contributed by atoms with van der Waals surface area (Å²) in [5.74, 6) is -2.86. The molecule has 1 fully saturated rings. The first-order valence-corrected chi connectivity index (χ1v) is 6.89. The van der Waals surface area contributed by atoms with E-state index in [0.717, 1.165) is 6.07 Å². The van der Waals surface area contributed by atoms with E-state index in [1.807, 2.05) is 0 Å². The fourth-order valence-electron chi connectivity index (χ4n) is 2.92. The molecule has 0 amide bonds. The van der Waals surface area contributed by atoms with E-state index in [-0.39, 0.29) is 18.3 Å². The van der Waals surface area contributed by atoms with Gasteiger partial charge in [-0.2, -0.15) is 0 Å². The van der Waals surface area contributed by atoms with Gasteiger partial charge in [-0.3, -0.25) is 4.79 Å². The van der Waals surface area contributed by atoms with Gasteiger partial charge in [0.2, 0.25) is 0 Å². The van der Waals surface area contributed by atoms with Crippen LogP contribution in [0, 0.1) is 17.6 Å². The van der Waals surface area contributed by atoms with Crippen LogP contribution in [0.15, 0.2) is 18.2 Å². The highest BCUT2D eigenvalue weighted by Gasteiger charge is 2.35. The lowest BCUT2D eigenvalue weighted by atomic mass is 9.87. The molecule has 2 rings (SSSR count). The van der Waals surface area contributed by atoms with Crippen molar-refractivity contribution in [3.8, 4) is 0 Å². The molecule has 1 aliphatic heterocycles.